The van der Waals surface area contributed by atoms with Crippen molar-refractivity contribution in [2.45, 2.75) is 25.3 Å². The van der Waals surface area contributed by atoms with E-state index in [4.69, 9.17) is 14.9 Å². The first-order valence-corrected chi connectivity index (χ1v) is 14.4. The van der Waals surface area contributed by atoms with E-state index in [2.05, 4.69) is 31.2 Å². The van der Waals surface area contributed by atoms with Crippen molar-refractivity contribution in [3.63, 3.8) is 0 Å². The van der Waals surface area contributed by atoms with Gasteiger partial charge in [-0.2, -0.15) is 10.2 Å². The van der Waals surface area contributed by atoms with Gasteiger partial charge in [-0.3, -0.25) is 10.1 Å². The number of non-ortho nitro benzene ring substituents is 1. The van der Waals surface area contributed by atoms with Gasteiger partial charge >= 0.3 is 5.97 Å². The number of carbonyl (C=O) groups is 1. The maximum Gasteiger partial charge on any atom is 0.365 e. The number of hydrogen-bond donors (Lipinski definition) is 0. The molecule has 0 bridgehead atoms. The van der Waals surface area contributed by atoms with Crippen molar-refractivity contribution in [1.29, 1.82) is 0 Å². The number of hydrogen-bond acceptors (Lipinski definition) is 9. The van der Waals surface area contributed by atoms with Crippen molar-refractivity contribution < 1.29 is 14.5 Å². The molecule has 42 heavy (non-hydrogen) atoms. The van der Waals surface area contributed by atoms with Gasteiger partial charge in [-0.25, -0.2) is 14.8 Å². The van der Waals surface area contributed by atoms with Gasteiger partial charge in [0.2, 0.25) is 10.0 Å². The number of carbonyl (C=O) groups excluding carboxylic acids is 1. The molecular weight excluding hydrogens is 550 g/mol. The summed E-state index contributed by atoms with van der Waals surface area (Å²) < 4.78 is 5.37. The normalized spacial score (nSPS) is 17.5. The van der Waals surface area contributed by atoms with E-state index in [0.29, 0.717) is 5.69 Å². The smallest absolute Gasteiger partial charge is 0.365 e. The Bertz CT molecular complexity index is 1720. The number of nitrogens with zero attached hydrogens (tertiary/aromatic N) is 5. The lowest BCUT2D eigenvalue weighted by Gasteiger charge is -2.47. The molecule has 6 rings (SSSR count). The number of esters is 1. The van der Waals surface area contributed by atoms with Crippen molar-refractivity contribution in [2.24, 2.45) is 10.2 Å². The summed E-state index contributed by atoms with van der Waals surface area (Å²) in [7, 11) is 0. The van der Waals surface area contributed by atoms with Crippen LogP contribution in [-0.4, -0.2) is 28.3 Å². The third kappa shape index (κ3) is 4.59. The maximum atomic E-state index is 13.2. The highest BCUT2D eigenvalue weighted by molar-refractivity contribution is 8.16. The lowest BCUT2D eigenvalue weighted by Crippen LogP contribution is -2.54. The zero-order valence-electron chi connectivity index (χ0n) is 23.0. The van der Waals surface area contributed by atoms with Crippen molar-refractivity contribution in [3.8, 4) is 0 Å². The molecule has 10 heteroatoms. The van der Waals surface area contributed by atoms with Gasteiger partial charge in [-0.1, -0.05) is 79.7 Å². The number of rotatable bonds is 7. The zero-order valence-corrected chi connectivity index (χ0v) is 23.8. The topological polar surface area (TPSA) is 101 Å². The molecule has 1 unspecified atom stereocenters. The minimum Gasteiger partial charge on any atom is -0.461 e. The van der Waals surface area contributed by atoms with Crippen LogP contribution in [0, 0.1) is 10.1 Å². The Morgan fingerprint density at radius 2 is 1.57 bits per heavy atom. The number of aryl methyl sites for hydroxylation is 1. The zero-order chi connectivity index (χ0) is 29.3. The fourth-order valence-corrected chi connectivity index (χ4v) is 6.42. The first-order valence-electron chi connectivity index (χ1n) is 13.6. The summed E-state index contributed by atoms with van der Waals surface area (Å²) in [6.45, 7) is 4.03. The Labute approximate surface area is 247 Å². The molecule has 2 aliphatic rings. The second-order valence-electron chi connectivity index (χ2n) is 9.62. The second-order valence-corrected chi connectivity index (χ2v) is 10.8. The van der Waals surface area contributed by atoms with Crippen LogP contribution in [0.2, 0.25) is 0 Å². The van der Waals surface area contributed by atoms with E-state index in [1.165, 1.54) is 29.5 Å². The molecular formula is C32H27N5O4S. The molecule has 0 N–H and O–H groups in total. The standard InChI is InChI=1S/C32H27N5O4S/c1-3-22-17-19-23(20-18-22)29-27-15-8-9-16-28(27)32(35(33-29)24-11-6-5-7-12-24)36(34-30(42-32)31(38)41-4-2)25-13-10-14-26(21-25)37(39)40/h5-21H,3-4H2,1-2H3. The summed E-state index contributed by atoms with van der Waals surface area (Å²) in [5, 5.41) is 25.4. The summed E-state index contributed by atoms with van der Waals surface area (Å²) in [4.78, 5) is 23.2. The molecule has 0 saturated heterocycles. The number of hydrazone groups is 2. The predicted molar refractivity (Wildman–Crippen MR) is 166 cm³/mol. The Morgan fingerprint density at radius 3 is 2.29 bits per heavy atom. The molecule has 2 aliphatic heterocycles. The highest BCUT2D eigenvalue weighted by Crippen LogP contribution is 2.55. The molecule has 2 heterocycles. The summed E-state index contributed by atoms with van der Waals surface area (Å²) in [5.41, 5.74) is 5.67. The van der Waals surface area contributed by atoms with Crippen molar-refractivity contribution in [1.82, 2.24) is 0 Å². The van der Waals surface area contributed by atoms with Gasteiger partial charge in [0.25, 0.3) is 5.69 Å². The summed E-state index contributed by atoms with van der Waals surface area (Å²) in [6.07, 6.45) is 0.922. The minimum absolute atomic E-state index is 0.0944. The molecule has 0 radical (unpaired) electrons. The lowest BCUT2D eigenvalue weighted by molar-refractivity contribution is -0.384. The van der Waals surface area contributed by atoms with Gasteiger partial charge in [0, 0.05) is 28.8 Å². The van der Waals surface area contributed by atoms with Gasteiger partial charge < -0.3 is 4.74 Å². The molecule has 0 saturated carbocycles. The van der Waals surface area contributed by atoms with Gasteiger partial charge in [0.05, 0.1) is 28.6 Å². The van der Waals surface area contributed by atoms with Crippen molar-refractivity contribution >= 4 is 45.5 Å². The SMILES string of the molecule is CCOC(=O)C1=NN(c2cccc([N+](=O)[O-])c2)C2(S1)c1ccccc1C(c1ccc(CC)cc1)=NN2c1ccccc1. The number of anilines is 2. The molecule has 0 aromatic heterocycles. The van der Waals surface area contributed by atoms with Gasteiger partial charge in [0.15, 0.2) is 0 Å². The van der Waals surface area contributed by atoms with E-state index in [1.807, 2.05) is 59.6 Å². The Kier molecular flexibility index (Phi) is 7.22. The first-order chi connectivity index (χ1) is 20.5. The summed E-state index contributed by atoms with van der Waals surface area (Å²) in [6, 6.07) is 32.0. The molecule has 0 aliphatic carbocycles. The molecule has 0 fully saturated rings. The van der Waals surface area contributed by atoms with E-state index in [-0.39, 0.29) is 17.3 Å². The molecule has 0 amide bonds. The fourth-order valence-electron chi connectivity index (χ4n) is 5.13. The van der Waals surface area contributed by atoms with Crippen LogP contribution in [-0.2, 0) is 20.9 Å². The Morgan fingerprint density at radius 1 is 0.881 bits per heavy atom. The van der Waals surface area contributed by atoms with Crippen molar-refractivity contribution in [2.75, 3.05) is 16.6 Å². The van der Waals surface area contributed by atoms with Crippen LogP contribution in [0.3, 0.4) is 0 Å². The lowest BCUT2D eigenvalue weighted by atomic mass is 9.92. The fraction of sp³-hybridized carbons (Fsp3) is 0.156. The number of ether oxygens (including phenoxy) is 1. The van der Waals surface area contributed by atoms with E-state index in [1.54, 1.807) is 24.1 Å². The average molecular weight is 578 g/mol. The molecule has 4 aromatic rings. The van der Waals surface area contributed by atoms with Gasteiger partial charge in [-0.05, 0) is 48.9 Å². The maximum absolute atomic E-state index is 13.2. The number of fused-ring (bicyclic) bond motifs is 2. The molecule has 4 aromatic carbocycles. The molecule has 1 spiro atoms. The molecule has 9 nitrogen and oxygen atoms in total. The number of para-hydroxylation sites is 1. The third-order valence-corrected chi connectivity index (χ3v) is 8.40. The second kappa shape index (κ2) is 11.1. The summed E-state index contributed by atoms with van der Waals surface area (Å²) >= 11 is 1.20. The van der Waals surface area contributed by atoms with Gasteiger partial charge in [0.1, 0.15) is 0 Å². The number of nitro groups is 1. The summed E-state index contributed by atoms with van der Waals surface area (Å²) in [5.74, 6) is -0.578. The minimum atomic E-state index is -1.25. The van der Waals surface area contributed by atoms with E-state index in [0.717, 1.165) is 34.5 Å². The van der Waals surface area contributed by atoms with Crippen LogP contribution < -0.4 is 10.0 Å². The van der Waals surface area contributed by atoms with E-state index >= 15 is 0 Å². The van der Waals surface area contributed by atoms with Crippen LogP contribution in [0.5, 0.6) is 0 Å². The highest BCUT2D eigenvalue weighted by atomic mass is 32.2. The van der Waals surface area contributed by atoms with E-state index in [9.17, 15) is 14.9 Å². The number of thioether (sulfide) groups is 1. The Balaban J connectivity index is 1.63. The van der Waals surface area contributed by atoms with Crippen molar-refractivity contribution in [3.05, 3.63) is 135 Å². The number of benzene rings is 4. The molecule has 210 valence electrons. The molecule has 1 atom stereocenters. The highest BCUT2D eigenvalue weighted by Gasteiger charge is 2.56. The van der Waals surface area contributed by atoms with Gasteiger partial charge in [-0.15, -0.1) is 0 Å². The van der Waals surface area contributed by atoms with Crippen LogP contribution in [0.15, 0.2) is 113 Å². The Hall–Kier alpha value is -4.96. The van der Waals surface area contributed by atoms with E-state index < -0.39 is 15.9 Å². The first kappa shape index (κ1) is 27.2. The quantitative estimate of drug-likeness (QED) is 0.137. The predicted octanol–water partition coefficient (Wildman–Crippen LogP) is 6.67. The van der Waals surface area contributed by atoms with Crippen LogP contribution in [0.1, 0.15) is 36.1 Å². The largest absolute Gasteiger partial charge is 0.461 e. The number of nitro benzene ring substituents is 1. The van der Waals surface area contributed by atoms with Crippen LogP contribution >= 0.6 is 11.8 Å². The average Bonchev–Trinajstić information content (AvgIpc) is 3.43. The van der Waals surface area contributed by atoms with Crippen LogP contribution in [0.25, 0.3) is 0 Å². The monoisotopic (exact) mass is 577 g/mol. The van der Waals surface area contributed by atoms with Crippen LogP contribution in [0.4, 0.5) is 17.1 Å². The third-order valence-electron chi connectivity index (χ3n) is 7.11.